The summed E-state index contributed by atoms with van der Waals surface area (Å²) in [5.74, 6) is 0.898. The second-order valence-electron chi connectivity index (χ2n) is 3.40. The van der Waals surface area contributed by atoms with Crippen LogP contribution in [0.4, 0.5) is 5.69 Å². The van der Waals surface area contributed by atoms with Gasteiger partial charge in [0.25, 0.3) is 0 Å². The maximum atomic E-state index is 11.6. The third-order valence-electron chi connectivity index (χ3n) is 2.28. The van der Waals surface area contributed by atoms with Gasteiger partial charge in [0.05, 0.1) is 7.11 Å². The minimum atomic E-state index is 0.130. The Balaban J connectivity index is 2.81. The van der Waals surface area contributed by atoms with Crippen molar-refractivity contribution in [3.05, 3.63) is 24.3 Å². The lowest BCUT2D eigenvalue weighted by atomic mass is 10.2. The summed E-state index contributed by atoms with van der Waals surface area (Å²) in [5, 5.41) is 0. The minimum absolute atomic E-state index is 0.130. The van der Waals surface area contributed by atoms with Crippen molar-refractivity contribution in [3.8, 4) is 5.75 Å². The molecular formula is C12H17NO2. The van der Waals surface area contributed by atoms with Crippen LogP contribution in [0.3, 0.4) is 0 Å². The largest absolute Gasteiger partial charge is 0.497 e. The molecule has 0 bridgehead atoms. The molecular weight excluding hydrogens is 190 g/mol. The molecule has 0 radical (unpaired) electrons. The van der Waals surface area contributed by atoms with E-state index in [1.807, 2.05) is 31.2 Å². The van der Waals surface area contributed by atoms with Gasteiger partial charge in [-0.15, -0.1) is 0 Å². The van der Waals surface area contributed by atoms with E-state index in [4.69, 9.17) is 4.74 Å². The van der Waals surface area contributed by atoms with E-state index in [1.165, 1.54) is 0 Å². The molecule has 0 aromatic heterocycles. The Kier molecular flexibility index (Phi) is 4.16. The van der Waals surface area contributed by atoms with Crippen molar-refractivity contribution in [3.63, 3.8) is 0 Å². The van der Waals surface area contributed by atoms with Crippen molar-refractivity contribution in [1.82, 2.24) is 0 Å². The molecule has 0 spiro atoms. The van der Waals surface area contributed by atoms with Crippen LogP contribution < -0.4 is 9.64 Å². The lowest BCUT2D eigenvalue weighted by Gasteiger charge is -2.17. The zero-order valence-electron chi connectivity index (χ0n) is 9.49. The summed E-state index contributed by atoms with van der Waals surface area (Å²) in [5.41, 5.74) is 0.868. The third kappa shape index (κ3) is 2.98. The number of benzene rings is 1. The standard InChI is InChI=1S/C12H17NO2/c1-4-6-12(14)13(2)10-7-5-8-11(9-10)15-3/h5,7-9H,4,6H2,1-3H3. The fraction of sp³-hybridized carbons (Fsp3) is 0.417. The average Bonchev–Trinajstić information content (AvgIpc) is 2.28. The molecule has 0 unspecified atom stereocenters. The SMILES string of the molecule is CCCC(=O)N(C)c1cccc(OC)c1. The van der Waals surface area contributed by atoms with Gasteiger partial charge in [-0.3, -0.25) is 4.79 Å². The zero-order chi connectivity index (χ0) is 11.3. The fourth-order valence-electron chi connectivity index (χ4n) is 1.34. The molecule has 1 aromatic carbocycles. The Morgan fingerprint density at radius 3 is 2.80 bits per heavy atom. The summed E-state index contributed by atoms with van der Waals surface area (Å²) in [7, 11) is 3.40. The molecule has 3 nitrogen and oxygen atoms in total. The Morgan fingerprint density at radius 2 is 2.20 bits per heavy atom. The highest BCUT2D eigenvalue weighted by atomic mass is 16.5. The number of anilines is 1. The molecule has 0 aliphatic heterocycles. The van der Waals surface area contributed by atoms with Gasteiger partial charge in [-0.05, 0) is 18.6 Å². The number of amides is 1. The van der Waals surface area contributed by atoms with Gasteiger partial charge in [-0.2, -0.15) is 0 Å². The topological polar surface area (TPSA) is 29.5 Å². The van der Waals surface area contributed by atoms with Crippen LogP contribution in [0.5, 0.6) is 5.75 Å². The monoisotopic (exact) mass is 207 g/mol. The predicted molar refractivity (Wildman–Crippen MR) is 61.3 cm³/mol. The molecule has 15 heavy (non-hydrogen) atoms. The van der Waals surface area contributed by atoms with Crippen molar-refractivity contribution in [2.24, 2.45) is 0 Å². The quantitative estimate of drug-likeness (QED) is 0.759. The van der Waals surface area contributed by atoms with Gasteiger partial charge in [0, 0.05) is 25.2 Å². The zero-order valence-corrected chi connectivity index (χ0v) is 9.49. The molecule has 1 aromatic rings. The van der Waals surface area contributed by atoms with Crippen LogP contribution in [0, 0.1) is 0 Å². The molecule has 0 fully saturated rings. The van der Waals surface area contributed by atoms with E-state index in [0.29, 0.717) is 6.42 Å². The highest BCUT2D eigenvalue weighted by Crippen LogP contribution is 2.20. The Labute approximate surface area is 90.7 Å². The van der Waals surface area contributed by atoms with E-state index in [0.717, 1.165) is 17.9 Å². The van der Waals surface area contributed by atoms with Gasteiger partial charge in [0.1, 0.15) is 5.75 Å². The van der Waals surface area contributed by atoms with Gasteiger partial charge in [-0.1, -0.05) is 13.0 Å². The van der Waals surface area contributed by atoms with Crippen molar-refractivity contribution in [2.75, 3.05) is 19.1 Å². The van der Waals surface area contributed by atoms with Crippen LogP contribution >= 0.6 is 0 Å². The van der Waals surface area contributed by atoms with Crippen LogP contribution in [-0.4, -0.2) is 20.1 Å². The van der Waals surface area contributed by atoms with Crippen LogP contribution in [0.2, 0.25) is 0 Å². The smallest absolute Gasteiger partial charge is 0.226 e. The summed E-state index contributed by atoms with van der Waals surface area (Å²) in [6.45, 7) is 2.00. The first-order chi connectivity index (χ1) is 7.19. The van der Waals surface area contributed by atoms with Gasteiger partial charge in [-0.25, -0.2) is 0 Å². The first-order valence-electron chi connectivity index (χ1n) is 5.09. The molecule has 0 atom stereocenters. The predicted octanol–water partition coefficient (Wildman–Crippen LogP) is 2.46. The number of rotatable bonds is 4. The molecule has 1 rings (SSSR count). The lowest BCUT2D eigenvalue weighted by molar-refractivity contribution is -0.118. The second-order valence-corrected chi connectivity index (χ2v) is 3.40. The number of carbonyl (C=O) groups is 1. The molecule has 0 saturated heterocycles. The van der Waals surface area contributed by atoms with E-state index < -0.39 is 0 Å². The Bertz CT molecular complexity index is 336. The maximum absolute atomic E-state index is 11.6. The van der Waals surface area contributed by atoms with Crippen LogP contribution in [-0.2, 0) is 4.79 Å². The molecule has 0 aliphatic carbocycles. The van der Waals surface area contributed by atoms with Crippen molar-refractivity contribution in [1.29, 1.82) is 0 Å². The lowest BCUT2D eigenvalue weighted by Crippen LogP contribution is -2.25. The number of nitrogens with zero attached hydrogens (tertiary/aromatic N) is 1. The molecule has 0 aliphatic rings. The molecule has 0 heterocycles. The summed E-state index contributed by atoms with van der Waals surface area (Å²) < 4.78 is 5.11. The number of methoxy groups -OCH3 is 1. The number of hydrogen-bond acceptors (Lipinski definition) is 2. The van der Waals surface area contributed by atoms with Gasteiger partial charge in [0.2, 0.25) is 5.91 Å². The van der Waals surface area contributed by atoms with Crippen LogP contribution in [0.25, 0.3) is 0 Å². The van der Waals surface area contributed by atoms with E-state index in [2.05, 4.69) is 0 Å². The first-order valence-corrected chi connectivity index (χ1v) is 5.09. The van der Waals surface area contributed by atoms with E-state index >= 15 is 0 Å². The fourth-order valence-corrected chi connectivity index (χ4v) is 1.34. The minimum Gasteiger partial charge on any atom is -0.497 e. The molecule has 3 heteroatoms. The van der Waals surface area contributed by atoms with Crippen LogP contribution in [0.15, 0.2) is 24.3 Å². The molecule has 1 amide bonds. The first kappa shape index (κ1) is 11.6. The van der Waals surface area contributed by atoms with Crippen molar-refractivity contribution >= 4 is 11.6 Å². The third-order valence-corrected chi connectivity index (χ3v) is 2.28. The summed E-state index contributed by atoms with van der Waals surface area (Å²) in [6, 6.07) is 7.50. The summed E-state index contributed by atoms with van der Waals surface area (Å²) in [6.07, 6.45) is 1.45. The number of carbonyl (C=O) groups excluding carboxylic acids is 1. The normalized spacial score (nSPS) is 9.80. The molecule has 82 valence electrons. The van der Waals surface area contributed by atoms with E-state index in [-0.39, 0.29) is 5.91 Å². The van der Waals surface area contributed by atoms with Crippen molar-refractivity contribution in [2.45, 2.75) is 19.8 Å². The van der Waals surface area contributed by atoms with E-state index in [1.54, 1.807) is 19.1 Å². The van der Waals surface area contributed by atoms with Gasteiger partial charge in [0.15, 0.2) is 0 Å². The van der Waals surface area contributed by atoms with E-state index in [9.17, 15) is 4.79 Å². The Morgan fingerprint density at radius 1 is 1.47 bits per heavy atom. The summed E-state index contributed by atoms with van der Waals surface area (Å²) in [4.78, 5) is 13.3. The second kappa shape index (κ2) is 5.39. The van der Waals surface area contributed by atoms with Gasteiger partial charge < -0.3 is 9.64 Å². The molecule has 0 N–H and O–H groups in total. The average molecular weight is 207 g/mol. The number of ether oxygens (including phenoxy) is 1. The highest BCUT2D eigenvalue weighted by molar-refractivity contribution is 5.92. The Hall–Kier alpha value is -1.51. The van der Waals surface area contributed by atoms with Gasteiger partial charge >= 0.3 is 0 Å². The van der Waals surface area contributed by atoms with Crippen LogP contribution in [0.1, 0.15) is 19.8 Å². The highest BCUT2D eigenvalue weighted by Gasteiger charge is 2.09. The molecule has 0 saturated carbocycles. The maximum Gasteiger partial charge on any atom is 0.226 e. The summed E-state index contributed by atoms with van der Waals surface area (Å²) >= 11 is 0. The van der Waals surface area contributed by atoms with Crippen molar-refractivity contribution < 1.29 is 9.53 Å². The number of hydrogen-bond donors (Lipinski definition) is 0.